The molecule has 0 aromatic heterocycles. The summed E-state index contributed by atoms with van der Waals surface area (Å²) in [5.74, 6) is -0.0701. The normalized spacial score (nSPS) is 19.5. The second-order valence-corrected chi connectivity index (χ2v) is 7.60. The highest BCUT2D eigenvalue weighted by Gasteiger charge is 2.37. The fourth-order valence-corrected chi connectivity index (χ4v) is 4.02. The van der Waals surface area contributed by atoms with Crippen LogP contribution in [0.5, 0.6) is 0 Å². The van der Waals surface area contributed by atoms with Gasteiger partial charge in [-0.1, -0.05) is 32.1 Å². The molecule has 144 valence electrons. The molecule has 5 nitrogen and oxygen atoms in total. The summed E-state index contributed by atoms with van der Waals surface area (Å²) in [5, 5.41) is 2.89. The van der Waals surface area contributed by atoms with Crippen molar-refractivity contribution < 1.29 is 9.59 Å². The first-order valence-corrected chi connectivity index (χ1v) is 9.47. The molecule has 1 aromatic rings. The summed E-state index contributed by atoms with van der Waals surface area (Å²) in [6, 6.07) is 7.50. The van der Waals surface area contributed by atoms with Crippen molar-refractivity contribution in [2.75, 3.05) is 12.4 Å². The third kappa shape index (κ3) is 4.57. The first-order valence-electron chi connectivity index (χ1n) is 9.47. The second-order valence-electron chi connectivity index (χ2n) is 7.60. The van der Waals surface area contributed by atoms with Crippen LogP contribution in [0, 0.1) is 0 Å². The maximum atomic E-state index is 12.7. The first-order chi connectivity index (χ1) is 12.0. The van der Waals surface area contributed by atoms with Crippen molar-refractivity contribution in [3.05, 3.63) is 29.8 Å². The van der Waals surface area contributed by atoms with Gasteiger partial charge in [0.2, 0.25) is 5.91 Å². The molecule has 0 radical (unpaired) electrons. The van der Waals surface area contributed by atoms with E-state index in [4.69, 9.17) is 5.73 Å². The standard InChI is InChI=1S/C20H29N3O2.ClH/c1-23(17-7-3-2-4-8-17)18(24)15-9-11-16(12-10-15)22-19(25)20(21)13-5-6-14-20;/h9-12,17H,2-8,13-14,21H2,1H3,(H,22,25);1H. The van der Waals surface area contributed by atoms with E-state index in [0.29, 0.717) is 17.3 Å². The third-order valence-electron chi connectivity index (χ3n) is 5.78. The molecule has 3 rings (SSSR count). The number of hydrogen-bond acceptors (Lipinski definition) is 3. The molecule has 2 saturated carbocycles. The van der Waals surface area contributed by atoms with Crippen molar-refractivity contribution in [1.82, 2.24) is 4.90 Å². The quantitative estimate of drug-likeness (QED) is 0.836. The Morgan fingerprint density at radius 3 is 2.19 bits per heavy atom. The van der Waals surface area contributed by atoms with Crippen molar-refractivity contribution in [3.63, 3.8) is 0 Å². The van der Waals surface area contributed by atoms with Gasteiger partial charge >= 0.3 is 0 Å². The minimum atomic E-state index is -0.740. The molecule has 0 aliphatic heterocycles. The van der Waals surface area contributed by atoms with E-state index in [1.165, 1.54) is 19.3 Å². The fourth-order valence-electron chi connectivity index (χ4n) is 4.02. The molecule has 26 heavy (non-hydrogen) atoms. The monoisotopic (exact) mass is 379 g/mol. The second kappa shape index (κ2) is 8.87. The molecule has 0 bridgehead atoms. The van der Waals surface area contributed by atoms with E-state index in [9.17, 15) is 9.59 Å². The number of carbonyl (C=O) groups excluding carboxylic acids is 2. The Bertz CT molecular complexity index is 620. The highest BCUT2D eigenvalue weighted by molar-refractivity contribution is 5.99. The van der Waals surface area contributed by atoms with Gasteiger partial charge in [-0.3, -0.25) is 9.59 Å². The molecule has 1 aromatic carbocycles. The summed E-state index contributed by atoms with van der Waals surface area (Å²) >= 11 is 0. The van der Waals surface area contributed by atoms with Crippen LogP contribution in [0.2, 0.25) is 0 Å². The maximum absolute atomic E-state index is 12.7. The van der Waals surface area contributed by atoms with Gasteiger partial charge in [-0.2, -0.15) is 0 Å². The van der Waals surface area contributed by atoms with Gasteiger partial charge < -0.3 is 16.0 Å². The van der Waals surface area contributed by atoms with Crippen LogP contribution in [-0.4, -0.2) is 35.3 Å². The van der Waals surface area contributed by atoms with E-state index in [2.05, 4.69) is 5.32 Å². The zero-order valence-electron chi connectivity index (χ0n) is 15.5. The molecule has 3 N–H and O–H groups in total. The Hall–Kier alpha value is -1.59. The Kier molecular flexibility index (Phi) is 7.07. The van der Waals surface area contributed by atoms with E-state index >= 15 is 0 Å². The van der Waals surface area contributed by atoms with Gasteiger partial charge in [0.1, 0.15) is 0 Å². The van der Waals surface area contributed by atoms with Crippen molar-refractivity contribution >= 4 is 29.9 Å². The fraction of sp³-hybridized carbons (Fsp3) is 0.600. The van der Waals surface area contributed by atoms with Crippen LogP contribution < -0.4 is 11.1 Å². The zero-order chi connectivity index (χ0) is 17.9. The van der Waals surface area contributed by atoms with Gasteiger partial charge in [0, 0.05) is 24.3 Å². The summed E-state index contributed by atoms with van der Waals surface area (Å²) in [6.07, 6.45) is 9.35. The van der Waals surface area contributed by atoms with Crippen LogP contribution in [0.3, 0.4) is 0 Å². The van der Waals surface area contributed by atoms with Crippen molar-refractivity contribution in [2.24, 2.45) is 5.73 Å². The first kappa shape index (κ1) is 20.7. The van der Waals surface area contributed by atoms with Crippen molar-refractivity contribution in [3.8, 4) is 0 Å². The molecule has 0 heterocycles. The number of anilines is 1. The SMILES string of the molecule is CN(C(=O)c1ccc(NC(=O)C2(N)CCCC2)cc1)C1CCCCC1.Cl. The van der Waals surface area contributed by atoms with Gasteiger partial charge in [0.15, 0.2) is 0 Å². The average Bonchev–Trinajstić information content (AvgIpc) is 3.10. The van der Waals surface area contributed by atoms with Crippen LogP contribution in [0.4, 0.5) is 5.69 Å². The molecular formula is C20H30ClN3O2. The molecule has 0 unspecified atom stereocenters. The van der Waals surface area contributed by atoms with Gasteiger partial charge in [-0.25, -0.2) is 0 Å². The lowest BCUT2D eigenvalue weighted by molar-refractivity contribution is -0.121. The van der Waals surface area contributed by atoms with Gasteiger partial charge in [-0.15, -0.1) is 12.4 Å². The number of nitrogens with two attached hydrogens (primary N) is 1. The highest BCUT2D eigenvalue weighted by atomic mass is 35.5. The topological polar surface area (TPSA) is 75.4 Å². The summed E-state index contributed by atoms with van der Waals surface area (Å²) in [5.41, 5.74) is 6.79. The van der Waals surface area contributed by atoms with E-state index in [1.807, 2.05) is 11.9 Å². The van der Waals surface area contributed by atoms with E-state index < -0.39 is 5.54 Å². The summed E-state index contributed by atoms with van der Waals surface area (Å²) in [4.78, 5) is 26.9. The van der Waals surface area contributed by atoms with Crippen LogP contribution in [0.25, 0.3) is 0 Å². The van der Waals surface area contributed by atoms with Gasteiger partial charge in [0.25, 0.3) is 5.91 Å². The molecule has 0 saturated heterocycles. The van der Waals surface area contributed by atoms with Crippen molar-refractivity contribution in [1.29, 1.82) is 0 Å². The summed E-state index contributed by atoms with van der Waals surface area (Å²) < 4.78 is 0. The number of nitrogens with zero attached hydrogens (tertiary/aromatic N) is 1. The van der Waals surface area contributed by atoms with Crippen LogP contribution in [0.1, 0.15) is 68.1 Å². The smallest absolute Gasteiger partial charge is 0.253 e. The van der Waals surface area contributed by atoms with E-state index in [0.717, 1.165) is 38.5 Å². The minimum absolute atomic E-state index is 0. The maximum Gasteiger partial charge on any atom is 0.253 e. The Morgan fingerprint density at radius 1 is 1.04 bits per heavy atom. The number of halogens is 1. The number of rotatable bonds is 4. The lowest BCUT2D eigenvalue weighted by atomic mass is 9.94. The molecule has 2 fully saturated rings. The number of hydrogen-bond donors (Lipinski definition) is 2. The number of nitrogens with one attached hydrogen (secondary N) is 1. The minimum Gasteiger partial charge on any atom is -0.339 e. The molecule has 6 heteroatoms. The Labute approximate surface area is 162 Å². The van der Waals surface area contributed by atoms with Crippen molar-refractivity contribution in [2.45, 2.75) is 69.4 Å². The molecule has 2 amide bonds. The predicted molar refractivity (Wildman–Crippen MR) is 107 cm³/mol. The van der Waals surface area contributed by atoms with E-state index in [-0.39, 0.29) is 24.2 Å². The molecule has 0 atom stereocenters. The number of benzene rings is 1. The van der Waals surface area contributed by atoms with E-state index in [1.54, 1.807) is 24.3 Å². The average molecular weight is 380 g/mol. The number of amides is 2. The predicted octanol–water partition coefficient (Wildman–Crippen LogP) is 3.72. The lowest BCUT2D eigenvalue weighted by Gasteiger charge is -2.31. The summed E-state index contributed by atoms with van der Waals surface area (Å²) in [7, 11) is 1.90. The van der Waals surface area contributed by atoms with Crippen LogP contribution in [-0.2, 0) is 4.79 Å². The molecule has 2 aliphatic rings. The van der Waals surface area contributed by atoms with Crippen LogP contribution >= 0.6 is 12.4 Å². The lowest BCUT2D eigenvalue weighted by Crippen LogP contribution is -2.48. The number of carbonyl (C=O) groups is 2. The summed E-state index contributed by atoms with van der Waals surface area (Å²) in [6.45, 7) is 0. The third-order valence-corrected chi connectivity index (χ3v) is 5.78. The zero-order valence-corrected chi connectivity index (χ0v) is 16.3. The largest absolute Gasteiger partial charge is 0.339 e. The van der Waals surface area contributed by atoms with Gasteiger partial charge in [-0.05, 0) is 49.9 Å². The molecule has 0 spiro atoms. The molecular weight excluding hydrogens is 350 g/mol. The highest BCUT2D eigenvalue weighted by Crippen LogP contribution is 2.28. The Balaban J connectivity index is 0.00000243. The van der Waals surface area contributed by atoms with Gasteiger partial charge in [0.05, 0.1) is 5.54 Å². The molecule has 2 aliphatic carbocycles. The van der Waals surface area contributed by atoms with Crippen LogP contribution in [0.15, 0.2) is 24.3 Å². The Morgan fingerprint density at radius 2 is 1.62 bits per heavy atom.